The SMILES string of the molecule is CC(=O)N(c1ccccc1)c1nc(/C=C/C(=O)NCc2ccccc2OC(C)C)cs1. The van der Waals surface area contributed by atoms with Gasteiger partial charge < -0.3 is 10.1 Å². The van der Waals surface area contributed by atoms with E-state index in [4.69, 9.17) is 4.74 Å². The summed E-state index contributed by atoms with van der Waals surface area (Å²) in [5.74, 6) is 0.396. The monoisotopic (exact) mass is 435 g/mol. The van der Waals surface area contributed by atoms with Gasteiger partial charge in [0.2, 0.25) is 11.8 Å². The topological polar surface area (TPSA) is 71.5 Å². The zero-order valence-corrected chi connectivity index (χ0v) is 18.6. The average Bonchev–Trinajstić information content (AvgIpc) is 3.20. The molecule has 31 heavy (non-hydrogen) atoms. The number of thiazole rings is 1. The number of nitrogens with zero attached hydrogens (tertiary/aromatic N) is 2. The fourth-order valence-electron chi connectivity index (χ4n) is 2.88. The van der Waals surface area contributed by atoms with Crippen LogP contribution in [-0.4, -0.2) is 22.9 Å². The van der Waals surface area contributed by atoms with Gasteiger partial charge in [0.15, 0.2) is 5.13 Å². The first-order valence-corrected chi connectivity index (χ1v) is 10.8. The number of rotatable bonds is 8. The highest BCUT2D eigenvalue weighted by Crippen LogP contribution is 2.29. The Balaban J connectivity index is 1.63. The molecule has 0 aliphatic heterocycles. The molecule has 0 aliphatic carbocycles. The summed E-state index contributed by atoms with van der Waals surface area (Å²) >= 11 is 1.34. The Bertz CT molecular complexity index is 1060. The summed E-state index contributed by atoms with van der Waals surface area (Å²) in [6, 6.07) is 17.0. The molecule has 7 heteroatoms. The predicted octanol–water partition coefficient (Wildman–Crippen LogP) is 4.94. The van der Waals surface area contributed by atoms with E-state index in [0.717, 1.165) is 17.0 Å². The molecule has 6 nitrogen and oxygen atoms in total. The quantitative estimate of drug-likeness (QED) is 0.509. The molecule has 0 bridgehead atoms. The van der Waals surface area contributed by atoms with E-state index in [1.54, 1.807) is 11.0 Å². The minimum Gasteiger partial charge on any atom is -0.491 e. The molecular weight excluding hydrogens is 410 g/mol. The molecule has 1 aromatic heterocycles. The van der Waals surface area contributed by atoms with Crippen LogP contribution < -0.4 is 15.0 Å². The molecule has 3 rings (SSSR count). The lowest BCUT2D eigenvalue weighted by Crippen LogP contribution is -2.22. The number of carbonyl (C=O) groups excluding carboxylic acids is 2. The number of hydrogen-bond acceptors (Lipinski definition) is 5. The molecule has 2 aromatic carbocycles. The van der Waals surface area contributed by atoms with Crippen LogP contribution in [0.4, 0.5) is 10.8 Å². The molecule has 0 atom stereocenters. The predicted molar refractivity (Wildman–Crippen MR) is 124 cm³/mol. The van der Waals surface area contributed by atoms with Crippen LogP contribution in [0, 0.1) is 0 Å². The van der Waals surface area contributed by atoms with E-state index >= 15 is 0 Å². The largest absolute Gasteiger partial charge is 0.491 e. The molecule has 0 spiro atoms. The number of aromatic nitrogens is 1. The van der Waals surface area contributed by atoms with Crippen LogP contribution in [0.25, 0.3) is 6.08 Å². The maximum atomic E-state index is 12.3. The lowest BCUT2D eigenvalue weighted by atomic mass is 10.2. The maximum Gasteiger partial charge on any atom is 0.244 e. The van der Waals surface area contributed by atoms with Crippen molar-refractivity contribution >= 4 is 40.0 Å². The van der Waals surface area contributed by atoms with Gasteiger partial charge in [-0.25, -0.2) is 4.98 Å². The molecule has 160 valence electrons. The average molecular weight is 436 g/mol. The van der Waals surface area contributed by atoms with Gasteiger partial charge in [0.1, 0.15) is 5.75 Å². The highest BCUT2D eigenvalue weighted by atomic mass is 32.1. The van der Waals surface area contributed by atoms with Crippen LogP contribution in [0.5, 0.6) is 5.75 Å². The zero-order chi connectivity index (χ0) is 22.2. The number of amides is 2. The van der Waals surface area contributed by atoms with Crippen LogP contribution in [-0.2, 0) is 16.1 Å². The van der Waals surface area contributed by atoms with Gasteiger partial charge >= 0.3 is 0 Å². The molecule has 3 aromatic rings. The summed E-state index contributed by atoms with van der Waals surface area (Å²) in [5, 5.41) is 5.23. The highest BCUT2D eigenvalue weighted by Gasteiger charge is 2.17. The molecule has 1 N–H and O–H groups in total. The van der Waals surface area contributed by atoms with E-state index < -0.39 is 0 Å². The van der Waals surface area contributed by atoms with E-state index in [9.17, 15) is 9.59 Å². The lowest BCUT2D eigenvalue weighted by Gasteiger charge is -2.17. The number of para-hydroxylation sites is 2. The van der Waals surface area contributed by atoms with Crippen molar-refractivity contribution in [1.82, 2.24) is 10.3 Å². The number of anilines is 2. The van der Waals surface area contributed by atoms with E-state index in [1.807, 2.05) is 73.8 Å². The summed E-state index contributed by atoms with van der Waals surface area (Å²) in [7, 11) is 0. The van der Waals surface area contributed by atoms with Crippen LogP contribution in [0.3, 0.4) is 0 Å². The third kappa shape index (κ3) is 6.26. The summed E-state index contributed by atoms with van der Waals surface area (Å²) in [4.78, 5) is 30.4. The first-order chi connectivity index (χ1) is 14.9. The van der Waals surface area contributed by atoms with Gasteiger partial charge in [-0.05, 0) is 38.1 Å². The molecule has 0 fully saturated rings. The van der Waals surface area contributed by atoms with Crippen molar-refractivity contribution in [3.63, 3.8) is 0 Å². The van der Waals surface area contributed by atoms with Crippen molar-refractivity contribution in [2.24, 2.45) is 0 Å². The molecule has 0 radical (unpaired) electrons. The lowest BCUT2D eigenvalue weighted by molar-refractivity contribution is -0.117. The first-order valence-electron chi connectivity index (χ1n) is 9.96. The molecule has 0 saturated carbocycles. The van der Waals surface area contributed by atoms with Crippen molar-refractivity contribution in [2.75, 3.05) is 4.90 Å². The number of ether oxygens (including phenoxy) is 1. The highest BCUT2D eigenvalue weighted by molar-refractivity contribution is 7.14. The van der Waals surface area contributed by atoms with Gasteiger partial charge in [0.25, 0.3) is 0 Å². The third-order valence-corrected chi connectivity index (χ3v) is 5.07. The van der Waals surface area contributed by atoms with Gasteiger partial charge in [-0.2, -0.15) is 0 Å². The first kappa shape index (κ1) is 22.2. The summed E-state index contributed by atoms with van der Waals surface area (Å²) in [6.45, 7) is 5.79. The second kappa shape index (κ2) is 10.5. The third-order valence-electron chi connectivity index (χ3n) is 4.22. The van der Waals surface area contributed by atoms with Crippen molar-refractivity contribution in [3.05, 3.63) is 77.3 Å². The molecule has 1 heterocycles. The summed E-state index contributed by atoms with van der Waals surface area (Å²) in [5.41, 5.74) is 2.27. The number of benzene rings is 2. The van der Waals surface area contributed by atoms with Gasteiger partial charge in [-0.1, -0.05) is 36.4 Å². The van der Waals surface area contributed by atoms with Gasteiger partial charge in [0.05, 0.1) is 17.5 Å². The number of carbonyl (C=O) groups is 2. The second-order valence-corrected chi connectivity index (χ2v) is 7.91. The molecule has 0 aliphatic rings. The molecule has 0 unspecified atom stereocenters. The summed E-state index contributed by atoms with van der Waals surface area (Å²) < 4.78 is 5.78. The van der Waals surface area contributed by atoms with Gasteiger partial charge in [-0.3, -0.25) is 14.5 Å². The Morgan fingerprint density at radius 1 is 1.13 bits per heavy atom. The Morgan fingerprint density at radius 3 is 2.55 bits per heavy atom. The molecule has 0 saturated heterocycles. The van der Waals surface area contributed by atoms with Crippen molar-refractivity contribution < 1.29 is 14.3 Å². The maximum absolute atomic E-state index is 12.3. The fourth-order valence-corrected chi connectivity index (χ4v) is 3.74. The van der Waals surface area contributed by atoms with Gasteiger partial charge in [-0.15, -0.1) is 11.3 Å². The summed E-state index contributed by atoms with van der Waals surface area (Å²) in [6.07, 6.45) is 3.13. The molecule has 2 amide bonds. The van der Waals surface area contributed by atoms with E-state index in [2.05, 4.69) is 10.3 Å². The van der Waals surface area contributed by atoms with E-state index in [1.165, 1.54) is 24.3 Å². The smallest absolute Gasteiger partial charge is 0.244 e. The van der Waals surface area contributed by atoms with Crippen LogP contribution in [0.2, 0.25) is 0 Å². The Hall–Kier alpha value is -3.45. The Kier molecular flexibility index (Phi) is 7.56. The van der Waals surface area contributed by atoms with Crippen molar-refractivity contribution in [1.29, 1.82) is 0 Å². The van der Waals surface area contributed by atoms with E-state index in [-0.39, 0.29) is 17.9 Å². The zero-order valence-electron chi connectivity index (χ0n) is 17.7. The number of nitrogens with one attached hydrogen (secondary N) is 1. The van der Waals surface area contributed by atoms with Crippen LogP contribution in [0.1, 0.15) is 32.0 Å². The van der Waals surface area contributed by atoms with Crippen molar-refractivity contribution in [3.8, 4) is 5.75 Å². The normalized spacial score (nSPS) is 11.0. The van der Waals surface area contributed by atoms with Crippen LogP contribution in [0.15, 0.2) is 66.1 Å². The minimum absolute atomic E-state index is 0.0565. The minimum atomic E-state index is -0.236. The molecular formula is C24H25N3O3S. The second-order valence-electron chi connectivity index (χ2n) is 7.07. The van der Waals surface area contributed by atoms with Crippen LogP contribution >= 0.6 is 11.3 Å². The van der Waals surface area contributed by atoms with Gasteiger partial charge in [0, 0.05) is 30.5 Å². The number of hydrogen-bond donors (Lipinski definition) is 1. The Labute approximate surface area is 186 Å². The fraction of sp³-hybridized carbons (Fsp3) is 0.208. The van der Waals surface area contributed by atoms with Crippen molar-refractivity contribution in [2.45, 2.75) is 33.4 Å². The Morgan fingerprint density at radius 2 is 1.84 bits per heavy atom. The van der Waals surface area contributed by atoms with E-state index in [0.29, 0.717) is 17.4 Å². The standard InChI is InChI=1S/C24H25N3O3S/c1-17(2)30-22-12-8-7-9-19(22)15-25-23(29)14-13-20-16-31-24(26-20)27(18(3)28)21-10-5-4-6-11-21/h4-14,16-17H,15H2,1-3H3,(H,25,29)/b14-13+.